The first kappa shape index (κ1) is 13.3. The molecule has 4 nitrogen and oxygen atoms in total. The monoisotopic (exact) mass is 274 g/mol. The molecule has 0 aliphatic heterocycles. The van der Waals surface area contributed by atoms with Crippen LogP contribution in [0, 0.1) is 6.07 Å². The van der Waals surface area contributed by atoms with E-state index in [1.807, 2.05) is 0 Å². The minimum Gasteiger partial charge on any atom is -0.366 e. The van der Waals surface area contributed by atoms with Crippen molar-refractivity contribution in [2.24, 2.45) is 5.73 Å². The number of rotatable bonds is 3. The second-order valence-electron chi connectivity index (χ2n) is 4.09. The maximum Gasteiger partial charge on any atom is 0.249 e. The van der Waals surface area contributed by atoms with Gasteiger partial charge >= 0.3 is 0 Å². The van der Waals surface area contributed by atoms with Crippen LogP contribution in [0.2, 0.25) is 0 Å². The van der Waals surface area contributed by atoms with Gasteiger partial charge in [0, 0.05) is 11.8 Å². The molecular weight excluding hydrogens is 262 g/mol. The third-order valence-electron chi connectivity index (χ3n) is 2.68. The highest BCUT2D eigenvalue weighted by Gasteiger charge is 2.17. The van der Waals surface area contributed by atoms with Gasteiger partial charge in [0.25, 0.3) is 0 Å². The zero-order chi connectivity index (χ0) is 14.0. The molecule has 1 amide bonds. The van der Waals surface area contributed by atoms with E-state index in [1.54, 1.807) is 36.4 Å². The fourth-order valence-electron chi connectivity index (χ4n) is 1.88. The van der Waals surface area contributed by atoms with Crippen LogP contribution >= 0.6 is 0 Å². The van der Waals surface area contributed by atoms with Crippen LogP contribution in [0.25, 0.3) is 11.1 Å². The molecule has 0 fully saturated rings. The van der Waals surface area contributed by atoms with Gasteiger partial charge in [-0.2, -0.15) is 0 Å². The highest BCUT2D eigenvalue weighted by atomic mass is 32.2. The van der Waals surface area contributed by atoms with Crippen molar-refractivity contribution >= 4 is 15.7 Å². The molecule has 2 rings (SSSR count). The highest BCUT2D eigenvalue weighted by Crippen LogP contribution is 2.29. The molecule has 0 bridgehead atoms. The summed E-state index contributed by atoms with van der Waals surface area (Å²) in [5.74, 6) is -0.640. The average molecular weight is 274 g/mol. The van der Waals surface area contributed by atoms with Crippen molar-refractivity contribution in [1.82, 2.24) is 0 Å². The first-order valence-corrected chi connectivity index (χ1v) is 7.40. The predicted octanol–water partition coefficient (Wildman–Crippen LogP) is 1.66. The van der Waals surface area contributed by atoms with E-state index in [1.165, 1.54) is 6.07 Å². The molecule has 5 heteroatoms. The van der Waals surface area contributed by atoms with Gasteiger partial charge in [-0.05, 0) is 17.7 Å². The largest absolute Gasteiger partial charge is 0.366 e. The minimum absolute atomic E-state index is 0.164. The van der Waals surface area contributed by atoms with Crippen molar-refractivity contribution in [2.75, 3.05) is 6.26 Å². The average Bonchev–Trinajstić information content (AvgIpc) is 2.37. The molecule has 0 atom stereocenters. The fourth-order valence-corrected chi connectivity index (χ4v) is 2.78. The van der Waals surface area contributed by atoms with Gasteiger partial charge in [0.05, 0.1) is 10.5 Å². The van der Waals surface area contributed by atoms with Crippen LogP contribution in [0.15, 0.2) is 47.4 Å². The van der Waals surface area contributed by atoms with Crippen molar-refractivity contribution in [1.29, 1.82) is 0 Å². The fraction of sp³-hybridized carbons (Fsp3) is 0.0714. The molecule has 0 saturated carbocycles. The Bertz CT molecular complexity index is 736. The number of benzene rings is 2. The third-order valence-corrected chi connectivity index (χ3v) is 3.83. The van der Waals surface area contributed by atoms with Crippen LogP contribution < -0.4 is 5.73 Å². The second-order valence-corrected chi connectivity index (χ2v) is 6.08. The maximum atomic E-state index is 11.8. The quantitative estimate of drug-likeness (QED) is 0.924. The minimum atomic E-state index is -3.39. The van der Waals surface area contributed by atoms with Crippen LogP contribution in [-0.4, -0.2) is 20.6 Å². The summed E-state index contributed by atoms with van der Waals surface area (Å²) < 4.78 is 23.6. The molecule has 2 N–H and O–H groups in total. The number of amides is 1. The van der Waals surface area contributed by atoms with E-state index < -0.39 is 15.7 Å². The number of hydrogen-bond donors (Lipinski definition) is 1. The van der Waals surface area contributed by atoms with Gasteiger partial charge in [-0.3, -0.25) is 4.79 Å². The zero-order valence-electron chi connectivity index (χ0n) is 10.3. The summed E-state index contributed by atoms with van der Waals surface area (Å²) in [5, 5.41) is 0. The lowest BCUT2D eigenvalue weighted by Gasteiger charge is -2.10. The van der Waals surface area contributed by atoms with Crippen LogP contribution in [0.5, 0.6) is 0 Å². The number of carbonyl (C=O) groups is 1. The molecular formula is C14H12NO3S. The summed E-state index contributed by atoms with van der Waals surface area (Å²) in [6.45, 7) is 0. The molecule has 0 heterocycles. The Morgan fingerprint density at radius 1 is 1.11 bits per heavy atom. The van der Waals surface area contributed by atoms with Gasteiger partial charge in [0.15, 0.2) is 9.84 Å². The molecule has 0 aliphatic carbocycles. The van der Waals surface area contributed by atoms with Crippen molar-refractivity contribution in [3.8, 4) is 11.1 Å². The number of hydrogen-bond acceptors (Lipinski definition) is 3. The topological polar surface area (TPSA) is 77.2 Å². The zero-order valence-corrected chi connectivity index (χ0v) is 11.1. The second kappa shape index (κ2) is 4.85. The molecule has 0 spiro atoms. The normalized spacial score (nSPS) is 11.2. The summed E-state index contributed by atoms with van der Waals surface area (Å²) in [6, 6.07) is 14.1. The first-order valence-electron chi connectivity index (χ1n) is 5.51. The van der Waals surface area contributed by atoms with Crippen molar-refractivity contribution in [3.63, 3.8) is 0 Å². The van der Waals surface area contributed by atoms with Gasteiger partial charge in [-0.25, -0.2) is 8.42 Å². The molecule has 97 valence electrons. The first-order chi connectivity index (χ1) is 8.91. The van der Waals surface area contributed by atoms with Gasteiger partial charge < -0.3 is 5.73 Å². The van der Waals surface area contributed by atoms with E-state index in [0.29, 0.717) is 11.1 Å². The summed E-state index contributed by atoms with van der Waals surface area (Å²) in [4.78, 5) is 11.6. The Labute approximate surface area is 111 Å². The lowest BCUT2D eigenvalue weighted by atomic mass is 9.99. The summed E-state index contributed by atoms with van der Waals surface area (Å²) in [5.41, 5.74) is 6.39. The van der Waals surface area contributed by atoms with Crippen LogP contribution in [0.4, 0.5) is 0 Å². The van der Waals surface area contributed by atoms with E-state index in [2.05, 4.69) is 6.07 Å². The summed E-state index contributed by atoms with van der Waals surface area (Å²) in [6.07, 6.45) is 1.13. The number of sulfone groups is 1. The van der Waals surface area contributed by atoms with Gasteiger partial charge in [0.1, 0.15) is 0 Å². The highest BCUT2D eigenvalue weighted by molar-refractivity contribution is 7.90. The van der Waals surface area contributed by atoms with E-state index in [4.69, 9.17) is 5.73 Å². The SMILES string of the molecule is CS(=O)(=O)c1ccccc1-c1ccc[c]c1C(N)=O. The molecule has 0 aliphatic rings. The van der Waals surface area contributed by atoms with Crippen molar-refractivity contribution < 1.29 is 13.2 Å². The summed E-state index contributed by atoms with van der Waals surface area (Å²) >= 11 is 0. The molecule has 0 saturated heterocycles. The van der Waals surface area contributed by atoms with Gasteiger partial charge in [-0.1, -0.05) is 36.4 Å². The molecule has 2 aromatic carbocycles. The van der Waals surface area contributed by atoms with E-state index in [9.17, 15) is 13.2 Å². The lowest BCUT2D eigenvalue weighted by molar-refractivity contribution is 0.100. The standard InChI is InChI=1S/C14H12NO3S/c1-19(17,18)13-9-5-4-7-11(13)10-6-2-3-8-12(10)14(15)16/h2-7,9H,1H3,(H2,15,16). The Kier molecular flexibility index (Phi) is 3.40. The Balaban J connectivity index is 2.78. The van der Waals surface area contributed by atoms with E-state index in [-0.39, 0.29) is 10.5 Å². The predicted molar refractivity (Wildman–Crippen MR) is 72.3 cm³/mol. The van der Waals surface area contributed by atoms with Crippen LogP contribution in [0.1, 0.15) is 10.4 Å². The van der Waals surface area contributed by atoms with Crippen molar-refractivity contribution in [3.05, 3.63) is 54.1 Å². The van der Waals surface area contributed by atoms with Gasteiger partial charge in [0.2, 0.25) is 5.91 Å². The third kappa shape index (κ3) is 2.66. The smallest absolute Gasteiger partial charge is 0.249 e. The van der Waals surface area contributed by atoms with E-state index >= 15 is 0 Å². The number of carbonyl (C=O) groups excluding carboxylic acids is 1. The molecule has 19 heavy (non-hydrogen) atoms. The summed E-state index contributed by atoms with van der Waals surface area (Å²) in [7, 11) is -3.39. The Hall–Kier alpha value is -2.14. The molecule has 0 unspecified atom stereocenters. The molecule has 1 radical (unpaired) electrons. The van der Waals surface area contributed by atoms with E-state index in [0.717, 1.165) is 6.26 Å². The maximum absolute atomic E-state index is 11.8. The molecule has 0 aromatic heterocycles. The molecule has 2 aromatic rings. The Morgan fingerprint density at radius 3 is 2.37 bits per heavy atom. The van der Waals surface area contributed by atoms with Crippen molar-refractivity contribution in [2.45, 2.75) is 4.90 Å². The van der Waals surface area contributed by atoms with Gasteiger partial charge in [-0.15, -0.1) is 0 Å². The number of primary amides is 1. The number of nitrogens with two attached hydrogens (primary N) is 1. The Morgan fingerprint density at radius 2 is 1.74 bits per heavy atom. The lowest BCUT2D eigenvalue weighted by Crippen LogP contribution is -2.13. The van der Waals surface area contributed by atoms with Crippen LogP contribution in [-0.2, 0) is 9.84 Å². The van der Waals surface area contributed by atoms with Crippen LogP contribution in [0.3, 0.4) is 0 Å².